The molecule has 10 heteroatoms. The summed E-state index contributed by atoms with van der Waals surface area (Å²) in [6.45, 7) is 6.62. The molecule has 0 unspecified atom stereocenters. The predicted octanol–water partition coefficient (Wildman–Crippen LogP) is 5.29. The largest absolute Gasteiger partial charge is 0.497 e. The molecule has 0 amide bonds. The lowest BCUT2D eigenvalue weighted by Gasteiger charge is -2.20. The lowest BCUT2D eigenvalue weighted by molar-refractivity contribution is 0.394. The van der Waals surface area contributed by atoms with Gasteiger partial charge in [-0.15, -0.1) is 0 Å². The van der Waals surface area contributed by atoms with Gasteiger partial charge in [0.05, 0.1) is 19.1 Å². The lowest BCUT2D eigenvalue weighted by Crippen LogP contribution is -2.31. The molecule has 186 valence electrons. The Kier molecular flexibility index (Phi) is 7.13. The Morgan fingerprint density at radius 2 is 1.74 bits per heavy atom. The van der Waals surface area contributed by atoms with Crippen LogP contribution in [0.4, 0.5) is 0 Å². The molecule has 0 spiro atoms. The maximum absolute atomic E-state index is 13.2. The molecular weight excluding hydrogens is 470 g/mol. The second kappa shape index (κ2) is 10.1. The predicted molar refractivity (Wildman–Crippen MR) is 132 cm³/mol. The van der Waals surface area contributed by atoms with Crippen LogP contribution in [0.3, 0.4) is 0 Å². The van der Waals surface area contributed by atoms with Gasteiger partial charge in [0.15, 0.2) is 5.76 Å². The van der Waals surface area contributed by atoms with Crippen LogP contribution in [0.5, 0.6) is 11.5 Å². The van der Waals surface area contributed by atoms with Gasteiger partial charge in [-0.2, -0.15) is 9.29 Å². The number of furan rings is 1. The quantitative estimate of drug-likeness (QED) is 0.290. The zero-order chi connectivity index (χ0) is 25.2. The molecule has 2 aromatic carbocycles. The second-order valence-electron chi connectivity index (χ2n) is 8.09. The number of aryl methyl sites for hydroxylation is 1. The third kappa shape index (κ3) is 4.76. The van der Waals surface area contributed by atoms with Gasteiger partial charge in [-0.25, -0.2) is 8.42 Å². The average molecular weight is 500 g/mol. The molecule has 4 aromatic rings. The Morgan fingerprint density at radius 1 is 1.03 bits per heavy atom. The molecule has 2 heterocycles. The molecule has 0 fully saturated rings. The summed E-state index contributed by atoms with van der Waals surface area (Å²) in [5.41, 5.74) is 1.91. The van der Waals surface area contributed by atoms with Gasteiger partial charge in [0.1, 0.15) is 17.1 Å². The van der Waals surface area contributed by atoms with Crippen molar-refractivity contribution in [3.05, 3.63) is 42.0 Å². The first kappa shape index (κ1) is 24.7. The van der Waals surface area contributed by atoms with Gasteiger partial charge < -0.3 is 18.4 Å². The molecule has 0 atom stereocenters. The summed E-state index contributed by atoms with van der Waals surface area (Å²) in [6, 6.07) is 10.2. The SMILES string of the molecule is CCCCN(CC)S(=O)(=O)c1ccc2oc(-c3nc(-c4cc(OC)cc(OC)c4)no3)c(C)c2c1. The van der Waals surface area contributed by atoms with Gasteiger partial charge in [0.25, 0.3) is 5.89 Å². The van der Waals surface area contributed by atoms with Crippen molar-refractivity contribution in [1.29, 1.82) is 0 Å². The summed E-state index contributed by atoms with van der Waals surface area (Å²) in [5, 5.41) is 4.76. The number of hydrogen-bond acceptors (Lipinski definition) is 8. The van der Waals surface area contributed by atoms with E-state index < -0.39 is 10.0 Å². The summed E-state index contributed by atoms with van der Waals surface area (Å²) in [7, 11) is -0.485. The zero-order valence-electron chi connectivity index (χ0n) is 20.5. The van der Waals surface area contributed by atoms with Gasteiger partial charge in [-0.3, -0.25) is 0 Å². The number of fused-ring (bicyclic) bond motifs is 1. The zero-order valence-corrected chi connectivity index (χ0v) is 21.3. The van der Waals surface area contributed by atoms with Crippen LogP contribution < -0.4 is 9.47 Å². The Hall–Kier alpha value is -3.37. The number of aromatic nitrogens is 2. The summed E-state index contributed by atoms with van der Waals surface area (Å²) in [4.78, 5) is 4.72. The molecule has 9 nitrogen and oxygen atoms in total. The molecule has 0 aliphatic heterocycles. The van der Waals surface area contributed by atoms with E-state index in [9.17, 15) is 8.42 Å². The number of unbranched alkanes of at least 4 members (excludes halogenated alkanes) is 1. The van der Waals surface area contributed by atoms with Gasteiger partial charge in [-0.1, -0.05) is 25.4 Å². The van der Waals surface area contributed by atoms with Crippen LogP contribution >= 0.6 is 0 Å². The van der Waals surface area contributed by atoms with Crippen LogP contribution in [0.2, 0.25) is 0 Å². The molecule has 0 aliphatic rings. The van der Waals surface area contributed by atoms with Crippen molar-refractivity contribution in [3.63, 3.8) is 0 Å². The van der Waals surface area contributed by atoms with E-state index in [1.165, 1.54) is 4.31 Å². The normalized spacial score (nSPS) is 11.9. The average Bonchev–Trinajstić information content (AvgIpc) is 3.48. The maximum atomic E-state index is 13.2. The van der Waals surface area contributed by atoms with Crippen LogP contribution in [0.1, 0.15) is 32.3 Å². The Morgan fingerprint density at radius 3 is 2.37 bits per heavy atom. The van der Waals surface area contributed by atoms with E-state index in [-0.39, 0.29) is 10.8 Å². The van der Waals surface area contributed by atoms with E-state index in [0.29, 0.717) is 58.3 Å². The fourth-order valence-corrected chi connectivity index (χ4v) is 5.38. The summed E-state index contributed by atoms with van der Waals surface area (Å²) in [6.07, 6.45) is 1.73. The molecule has 35 heavy (non-hydrogen) atoms. The van der Waals surface area contributed by atoms with Crippen LogP contribution in [0.15, 0.2) is 50.2 Å². The fraction of sp³-hybridized carbons (Fsp3) is 0.360. The first-order chi connectivity index (χ1) is 16.8. The molecule has 0 saturated carbocycles. The number of hydrogen-bond donors (Lipinski definition) is 0. The lowest BCUT2D eigenvalue weighted by atomic mass is 10.1. The van der Waals surface area contributed by atoms with Gasteiger partial charge >= 0.3 is 0 Å². The van der Waals surface area contributed by atoms with Crippen molar-refractivity contribution in [1.82, 2.24) is 14.4 Å². The van der Waals surface area contributed by atoms with E-state index in [0.717, 1.165) is 12.8 Å². The maximum Gasteiger partial charge on any atom is 0.294 e. The number of nitrogens with zero attached hydrogens (tertiary/aromatic N) is 3. The minimum absolute atomic E-state index is 0.193. The topological polar surface area (TPSA) is 108 Å². The van der Waals surface area contributed by atoms with Crippen molar-refractivity contribution in [2.24, 2.45) is 0 Å². The van der Waals surface area contributed by atoms with E-state index in [1.807, 2.05) is 20.8 Å². The van der Waals surface area contributed by atoms with Crippen LogP contribution in [0.25, 0.3) is 34.0 Å². The molecule has 0 radical (unpaired) electrons. The minimum Gasteiger partial charge on any atom is -0.497 e. The highest BCUT2D eigenvalue weighted by Gasteiger charge is 2.25. The molecular formula is C25H29N3O6S. The highest BCUT2D eigenvalue weighted by atomic mass is 32.2. The van der Waals surface area contributed by atoms with Crippen LogP contribution in [-0.2, 0) is 10.0 Å². The Bertz CT molecular complexity index is 1420. The Balaban J connectivity index is 1.71. The van der Waals surface area contributed by atoms with Gasteiger partial charge in [-0.05, 0) is 43.7 Å². The monoisotopic (exact) mass is 499 g/mol. The molecule has 0 N–H and O–H groups in total. The van der Waals surface area contributed by atoms with E-state index >= 15 is 0 Å². The van der Waals surface area contributed by atoms with E-state index in [2.05, 4.69) is 10.1 Å². The van der Waals surface area contributed by atoms with Crippen LogP contribution in [-0.4, -0.2) is 50.2 Å². The summed E-state index contributed by atoms with van der Waals surface area (Å²) >= 11 is 0. The first-order valence-electron chi connectivity index (χ1n) is 11.4. The summed E-state index contributed by atoms with van der Waals surface area (Å²) in [5.74, 6) is 2.12. The minimum atomic E-state index is -3.62. The first-order valence-corrected chi connectivity index (χ1v) is 12.9. The number of benzene rings is 2. The second-order valence-corrected chi connectivity index (χ2v) is 10.0. The molecule has 0 saturated heterocycles. The van der Waals surface area contributed by atoms with E-state index in [1.54, 1.807) is 50.6 Å². The molecule has 2 aromatic heterocycles. The van der Waals surface area contributed by atoms with E-state index in [4.69, 9.17) is 18.4 Å². The molecule has 0 bridgehead atoms. The van der Waals surface area contributed by atoms with Crippen molar-refractivity contribution < 1.29 is 26.8 Å². The third-order valence-electron chi connectivity index (χ3n) is 5.89. The molecule has 0 aliphatic carbocycles. The van der Waals surface area contributed by atoms with Crippen molar-refractivity contribution >= 4 is 21.0 Å². The number of sulfonamides is 1. The Labute approximate surface area is 204 Å². The third-order valence-corrected chi connectivity index (χ3v) is 7.86. The fourth-order valence-electron chi connectivity index (χ4n) is 3.87. The molecule has 4 rings (SSSR count). The smallest absolute Gasteiger partial charge is 0.294 e. The van der Waals surface area contributed by atoms with Gasteiger partial charge in [0, 0.05) is 35.7 Å². The van der Waals surface area contributed by atoms with Gasteiger partial charge in [0.2, 0.25) is 15.8 Å². The number of rotatable bonds is 10. The van der Waals surface area contributed by atoms with Crippen LogP contribution in [0, 0.1) is 6.92 Å². The highest BCUT2D eigenvalue weighted by molar-refractivity contribution is 7.89. The van der Waals surface area contributed by atoms with Crippen molar-refractivity contribution in [3.8, 4) is 34.5 Å². The standard InChI is InChI=1S/C25H29N3O6S/c1-6-8-11-28(7-2)35(29,30)20-9-10-22-21(15-20)16(3)23(33-22)25-26-24(27-34-25)17-12-18(31-4)14-19(13-17)32-5/h9-10,12-15H,6-8,11H2,1-5H3. The van der Waals surface area contributed by atoms with Crippen molar-refractivity contribution in [2.75, 3.05) is 27.3 Å². The van der Waals surface area contributed by atoms with Crippen molar-refractivity contribution in [2.45, 2.75) is 38.5 Å². The summed E-state index contributed by atoms with van der Waals surface area (Å²) < 4.78 is 50.0. The number of ether oxygens (including phenoxy) is 2. The number of methoxy groups -OCH3 is 2. The highest BCUT2D eigenvalue weighted by Crippen LogP contribution is 2.35.